The van der Waals surface area contributed by atoms with E-state index < -0.39 is 0 Å². The first-order valence-corrected chi connectivity index (χ1v) is 7.47. The number of hydrogen-bond donors (Lipinski definition) is 0. The van der Waals surface area contributed by atoms with Crippen LogP contribution in [0.15, 0.2) is 18.2 Å². The van der Waals surface area contributed by atoms with Crippen molar-refractivity contribution in [2.24, 2.45) is 5.92 Å². The second-order valence-corrected chi connectivity index (χ2v) is 5.30. The van der Waals surface area contributed by atoms with E-state index in [-0.39, 0.29) is 5.38 Å². The second-order valence-electron chi connectivity index (χ2n) is 4.83. The van der Waals surface area contributed by atoms with Crippen LogP contribution in [0.2, 0.25) is 0 Å². The molecule has 19 heavy (non-hydrogen) atoms. The van der Waals surface area contributed by atoms with Crippen molar-refractivity contribution < 1.29 is 9.47 Å². The van der Waals surface area contributed by atoms with Gasteiger partial charge in [-0.15, -0.1) is 11.6 Å². The molecule has 3 heteroatoms. The summed E-state index contributed by atoms with van der Waals surface area (Å²) in [6.07, 6.45) is 4.72. The number of rotatable bonds is 8. The fourth-order valence-electron chi connectivity index (χ4n) is 2.32. The number of methoxy groups -OCH3 is 2. The topological polar surface area (TPSA) is 18.5 Å². The highest BCUT2D eigenvalue weighted by atomic mass is 35.5. The lowest BCUT2D eigenvalue weighted by molar-refractivity contribution is 0.353. The zero-order chi connectivity index (χ0) is 14.3. The zero-order valence-corrected chi connectivity index (χ0v) is 13.2. The van der Waals surface area contributed by atoms with Gasteiger partial charge in [0.2, 0.25) is 0 Å². The van der Waals surface area contributed by atoms with Crippen molar-refractivity contribution in [3.05, 3.63) is 23.8 Å². The molecule has 0 aromatic heterocycles. The standard InChI is InChI=1S/C16H25ClO2/c1-5-7-8-12(6-2)16(17)13-9-10-14(18-3)15(11-13)19-4/h9-12,16H,5-8H2,1-4H3. The number of unbranched alkanes of at least 4 members (excludes halogenated alkanes) is 1. The molecule has 0 fully saturated rings. The summed E-state index contributed by atoms with van der Waals surface area (Å²) in [5.74, 6) is 2.01. The Hall–Kier alpha value is -0.890. The van der Waals surface area contributed by atoms with Crippen molar-refractivity contribution in [3.8, 4) is 11.5 Å². The molecule has 1 rings (SSSR count). The van der Waals surface area contributed by atoms with E-state index in [0.29, 0.717) is 5.92 Å². The van der Waals surface area contributed by atoms with E-state index in [4.69, 9.17) is 21.1 Å². The molecule has 2 atom stereocenters. The normalized spacial score (nSPS) is 13.9. The van der Waals surface area contributed by atoms with Crippen molar-refractivity contribution in [3.63, 3.8) is 0 Å². The molecular weight excluding hydrogens is 260 g/mol. The Balaban J connectivity index is 2.88. The first-order chi connectivity index (χ1) is 9.17. The van der Waals surface area contributed by atoms with Crippen LogP contribution in [0.25, 0.3) is 0 Å². The van der Waals surface area contributed by atoms with E-state index >= 15 is 0 Å². The van der Waals surface area contributed by atoms with Gasteiger partial charge in [-0.05, 0) is 30.0 Å². The number of alkyl halides is 1. The SMILES string of the molecule is CCCCC(CC)C(Cl)c1ccc(OC)c(OC)c1. The molecule has 0 spiro atoms. The van der Waals surface area contributed by atoms with E-state index in [1.807, 2.05) is 18.2 Å². The molecule has 0 saturated carbocycles. The summed E-state index contributed by atoms with van der Waals surface area (Å²) in [5, 5.41) is 0.0383. The van der Waals surface area contributed by atoms with E-state index in [9.17, 15) is 0 Å². The van der Waals surface area contributed by atoms with Gasteiger partial charge in [0.15, 0.2) is 11.5 Å². The summed E-state index contributed by atoms with van der Waals surface area (Å²) in [6.45, 7) is 4.42. The third kappa shape index (κ3) is 4.31. The molecule has 0 aliphatic rings. The molecule has 0 amide bonds. The Labute approximate surface area is 122 Å². The van der Waals surface area contributed by atoms with Gasteiger partial charge >= 0.3 is 0 Å². The van der Waals surface area contributed by atoms with Gasteiger partial charge in [-0.2, -0.15) is 0 Å². The molecule has 0 bridgehead atoms. The summed E-state index contributed by atoms with van der Waals surface area (Å²) in [5.41, 5.74) is 1.11. The molecule has 0 aliphatic heterocycles. The van der Waals surface area contributed by atoms with Crippen molar-refractivity contribution in [2.45, 2.75) is 44.9 Å². The zero-order valence-electron chi connectivity index (χ0n) is 12.4. The quantitative estimate of drug-likeness (QED) is 0.611. The highest BCUT2D eigenvalue weighted by molar-refractivity contribution is 6.21. The summed E-state index contributed by atoms with van der Waals surface area (Å²) in [7, 11) is 3.30. The van der Waals surface area contributed by atoms with Crippen LogP contribution >= 0.6 is 11.6 Å². The molecular formula is C16H25ClO2. The van der Waals surface area contributed by atoms with E-state index in [1.165, 1.54) is 19.3 Å². The predicted molar refractivity (Wildman–Crippen MR) is 81.4 cm³/mol. The lowest BCUT2D eigenvalue weighted by atomic mass is 9.91. The molecule has 0 saturated heterocycles. The average molecular weight is 285 g/mol. The van der Waals surface area contributed by atoms with Gasteiger partial charge in [0.1, 0.15) is 0 Å². The maximum atomic E-state index is 6.64. The molecule has 1 aromatic carbocycles. The highest BCUT2D eigenvalue weighted by Crippen LogP contribution is 2.38. The van der Waals surface area contributed by atoms with Crippen LogP contribution in [0.3, 0.4) is 0 Å². The maximum Gasteiger partial charge on any atom is 0.161 e. The monoisotopic (exact) mass is 284 g/mol. The molecule has 1 aromatic rings. The first-order valence-electron chi connectivity index (χ1n) is 7.03. The summed E-state index contributed by atoms with van der Waals surface area (Å²) < 4.78 is 10.6. The second kappa shape index (κ2) is 8.31. The molecule has 0 aliphatic carbocycles. The van der Waals surface area contributed by atoms with Crippen LogP contribution in [-0.4, -0.2) is 14.2 Å². The van der Waals surface area contributed by atoms with Crippen LogP contribution in [0.5, 0.6) is 11.5 Å². The smallest absolute Gasteiger partial charge is 0.161 e. The lowest BCUT2D eigenvalue weighted by Crippen LogP contribution is -2.07. The van der Waals surface area contributed by atoms with Gasteiger partial charge in [0.05, 0.1) is 19.6 Å². The van der Waals surface area contributed by atoms with Crippen LogP contribution in [0, 0.1) is 5.92 Å². The Morgan fingerprint density at radius 2 is 1.79 bits per heavy atom. The van der Waals surface area contributed by atoms with Crippen LogP contribution in [0.4, 0.5) is 0 Å². The highest BCUT2D eigenvalue weighted by Gasteiger charge is 2.20. The largest absolute Gasteiger partial charge is 0.493 e. The molecule has 0 radical (unpaired) electrons. The Morgan fingerprint density at radius 3 is 2.32 bits per heavy atom. The molecule has 108 valence electrons. The number of ether oxygens (including phenoxy) is 2. The first kappa shape index (κ1) is 16.2. The maximum absolute atomic E-state index is 6.64. The van der Waals surface area contributed by atoms with Crippen LogP contribution in [0.1, 0.15) is 50.5 Å². The average Bonchev–Trinajstić information content (AvgIpc) is 2.46. The molecule has 2 nitrogen and oxygen atoms in total. The van der Waals surface area contributed by atoms with Crippen LogP contribution < -0.4 is 9.47 Å². The third-order valence-electron chi connectivity index (χ3n) is 3.59. The third-order valence-corrected chi connectivity index (χ3v) is 4.20. The van der Waals surface area contributed by atoms with E-state index in [1.54, 1.807) is 14.2 Å². The number of halogens is 1. The minimum absolute atomic E-state index is 0.0383. The molecule has 2 unspecified atom stereocenters. The van der Waals surface area contributed by atoms with Gasteiger partial charge in [-0.3, -0.25) is 0 Å². The van der Waals surface area contributed by atoms with Gasteiger partial charge < -0.3 is 9.47 Å². The van der Waals surface area contributed by atoms with E-state index in [0.717, 1.165) is 23.5 Å². The lowest BCUT2D eigenvalue weighted by Gasteiger charge is -2.22. The Kier molecular flexibility index (Phi) is 7.07. The van der Waals surface area contributed by atoms with Crippen molar-refractivity contribution in [1.82, 2.24) is 0 Å². The minimum atomic E-state index is 0.0383. The predicted octanol–water partition coefficient (Wildman–Crippen LogP) is 5.20. The van der Waals surface area contributed by atoms with E-state index in [2.05, 4.69) is 13.8 Å². The van der Waals surface area contributed by atoms with Crippen molar-refractivity contribution >= 4 is 11.6 Å². The fraction of sp³-hybridized carbons (Fsp3) is 0.625. The number of hydrogen-bond acceptors (Lipinski definition) is 2. The van der Waals surface area contributed by atoms with Gasteiger partial charge in [-0.1, -0.05) is 39.2 Å². The molecule has 0 heterocycles. The Bertz CT molecular complexity index is 379. The summed E-state index contributed by atoms with van der Waals surface area (Å²) >= 11 is 6.64. The van der Waals surface area contributed by atoms with Gasteiger partial charge in [0.25, 0.3) is 0 Å². The fourth-order valence-corrected chi connectivity index (χ4v) is 2.76. The summed E-state index contributed by atoms with van der Waals surface area (Å²) in [6, 6.07) is 5.95. The van der Waals surface area contributed by atoms with Crippen molar-refractivity contribution in [1.29, 1.82) is 0 Å². The number of benzene rings is 1. The van der Waals surface area contributed by atoms with Crippen LogP contribution in [-0.2, 0) is 0 Å². The molecule has 0 N–H and O–H groups in total. The van der Waals surface area contributed by atoms with Gasteiger partial charge in [0, 0.05) is 0 Å². The summed E-state index contributed by atoms with van der Waals surface area (Å²) in [4.78, 5) is 0. The van der Waals surface area contributed by atoms with Crippen molar-refractivity contribution in [2.75, 3.05) is 14.2 Å². The Morgan fingerprint density at radius 1 is 1.11 bits per heavy atom. The van der Waals surface area contributed by atoms with Gasteiger partial charge in [-0.25, -0.2) is 0 Å². The minimum Gasteiger partial charge on any atom is -0.493 e.